The van der Waals surface area contributed by atoms with Gasteiger partial charge in [-0.1, -0.05) is 0 Å². The quantitative estimate of drug-likeness (QED) is 0.763. The van der Waals surface area contributed by atoms with Crippen LogP contribution in [-0.4, -0.2) is 48.9 Å². The molecule has 1 saturated heterocycles. The second-order valence-electron chi connectivity index (χ2n) is 7.37. The van der Waals surface area contributed by atoms with Crippen LogP contribution in [0.5, 0.6) is 0 Å². The topological polar surface area (TPSA) is 79.9 Å². The van der Waals surface area contributed by atoms with E-state index in [0.29, 0.717) is 0 Å². The molecule has 0 bridgehead atoms. The SMILES string of the molecule is COC(=O)NNC1CCC2(CC1)CN(C(=O)OC(C)(C)C)C2. The van der Waals surface area contributed by atoms with Crippen LogP contribution in [0.25, 0.3) is 0 Å². The zero-order valence-electron chi connectivity index (χ0n) is 13.9. The van der Waals surface area contributed by atoms with Crippen molar-refractivity contribution in [1.82, 2.24) is 15.8 Å². The molecule has 1 aliphatic heterocycles. The van der Waals surface area contributed by atoms with E-state index in [1.807, 2.05) is 20.8 Å². The lowest BCUT2D eigenvalue weighted by molar-refractivity contribution is -0.0520. The van der Waals surface area contributed by atoms with E-state index in [2.05, 4.69) is 15.6 Å². The molecular weight excluding hydrogens is 286 g/mol. The van der Waals surface area contributed by atoms with Crippen LogP contribution in [0.4, 0.5) is 9.59 Å². The van der Waals surface area contributed by atoms with Crippen molar-refractivity contribution in [3.05, 3.63) is 0 Å². The highest BCUT2D eigenvalue weighted by molar-refractivity contribution is 5.69. The molecule has 7 nitrogen and oxygen atoms in total. The standard InChI is InChI=1S/C15H27N3O4/c1-14(2,3)22-13(20)18-9-15(10-18)7-5-11(6-8-15)16-17-12(19)21-4/h11,16H,5-10H2,1-4H3,(H,17,19). The van der Waals surface area contributed by atoms with Gasteiger partial charge >= 0.3 is 12.2 Å². The minimum absolute atomic E-state index is 0.217. The van der Waals surface area contributed by atoms with Gasteiger partial charge in [0.05, 0.1) is 7.11 Å². The first-order valence-corrected chi connectivity index (χ1v) is 7.80. The smallest absolute Gasteiger partial charge is 0.421 e. The van der Waals surface area contributed by atoms with Gasteiger partial charge in [-0.15, -0.1) is 0 Å². The number of methoxy groups -OCH3 is 1. The molecule has 0 aromatic heterocycles. The van der Waals surface area contributed by atoms with Crippen LogP contribution < -0.4 is 10.9 Å². The summed E-state index contributed by atoms with van der Waals surface area (Å²) in [6, 6.07) is 0.264. The number of rotatable bonds is 2. The number of hydrazine groups is 1. The number of carbonyl (C=O) groups excluding carboxylic acids is 2. The average Bonchev–Trinajstić information content (AvgIpc) is 2.40. The maximum atomic E-state index is 12.0. The molecule has 2 aliphatic rings. The fourth-order valence-electron chi connectivity index (χ4n) is 3.12. The Morgan fingerprint density at radius 1 is 1.18 bits per heavy atom. The molecular formula is C15H27N3O4. The van der Waals surface area contributed by atoms with E-state index >= 15 is 0 Å². The first kappa shape index (κ1) is 16.9. The number of amides is 2. The molecule has 126 valence electrons. The Kier molecular flexibility index (Phi) is 4.84. The zero-order valence-corrected chi connectivity index (χ0v) is 13.9. The Hall–Kier alpha value is -1.50. The monoisotopic (exact) mass is 313 g/mol. The normalized spacial score (nSPS) is 21.2. The van der Waals surface area contributed by atoms with E-state index in [4.69, 9.17) is 4.74 Å². The van der Waals surface area contributed by atoms with Gasteiger partial charge in [0, 0.05) is 24.5 Å². The number of hydrogen-bond donors (Lipinski definition) is 2. The van der Waals surface area contributed by atoms with Crippen molar-refractivity contribution >= 4 is 12.2 Å². The molecule has 1 saturated carbocycles. The van der Waals surface area contributed by atoms with Gasteiger partial charge < -0.3 is 14.4 Å². The predicted molar refractivity (Wildman–Crippen MR) is 81.2 cm³/mol. The summed E-state index contributed by atoms with van der Waals surface area (Å²) in [7, 11) is 1.34. The highest BCUT2D eigenvalue weighted by Crippen LogP contribution is 2.44. The van der Waals surface area contributed by atoms with Gasteiger partial charge in [0.1, 0.15) is 5.60 Å². The Balaban J connectivity index is 1.70. The number of carbonyl (C=O) groups is 2. The van der Waals surface area contributed by atoms with Crippen LogP contribution in [0.2, 0.25) is 0 Å². The summed E-state index contributed by atoms with van der Waals surface area (Å²) < 4.78 is 9.91. The molecule has 2 rings (SSSR count). The van der Waals surface area contributed by atoms with Crippen molar-refractivity contribution < 1.29 is 19.1 Å². The molecule has 0 aromatic rings. The molecule has 2 N–H and O–H groups in total. The molecule has 22 heavy (non-hydrogen) atoms. The van der Waals surface area contributed by atoms with Crippen LogP contribution in [0.15, 0.2) is 0 Å². The van der Waals surface area contributed by atoms with Gasteiger partial charge in [0.15, 0.2) is 0 Å². The highest BCUT2D eigenvalue weighted by atomic mass is 16.6. The van der Waals surface area contributed by atoms with Gasteiger partial charge in [-0.05, 0) is 46.5 Å². The fraction of sp³-hybridized carbons (Fsp3) is 0.867. The van der Waals surface area contributed by atoms with Gasteiger partial charge in [0.25, 0.3) is 0 Å². The first-order valence-electron chi connectivity index (χ1n) is 7.80. The molecule has 1 aliphatic carbocycles. The van der Waals surface area contributed by atoms with Crippen molar-refractivity contribution in [2.75, 3.05) is 20.2 Å². The Morgan fingerprint density at radius 2 is 1.77 bits per heavy atom. The third-order valence-corrected chi connectivity index (χ3v) is 4.31. The Bertz CT molecular complexity index is 417. The van der Waals surface area contributed by atoms with Crippen molar-refractivity contribution in [1.29, 1.82) is 0 Å². The van der Waals surface area contributed by atoms with E-state index in [1.165, 1.54) is 7.11 Å². The second kappa shape index (κ2) is 6.32. The minimum atomic E-state index is -0.472. The van der Waals surface area contributed by atoms with E-state index in [9.17, 15) is 9.59 Å². The number of hydrogen-bond acceptors (Lipinski definition) is 5. The van der Waals surface area contributed by atoms with Crippen LogP contribution in [0.1, 0.15) is 46.5 Å². The van der Waals surface area contributed by atoms with Gasteiger partial charge in [0.2, 0.25) is 0 Å². The lowest BCUT2D eigenvalue weighted by Gasteiger charge is -2.53. The second-order valence-corrected chi connectivity index (χ2v) is 7.37. The molecule has 0 unspecified atom stereocenters. The molecule has 1 heterocycles. The lowest BCUT2D eigenvalue weighted by Crippen LogP contribution is -2.61. The molecule has 7 heteroatoms. The number of nitrogens with one attached hydrogen (secondary N) is 2. The van der Waals surface area contributed by atoms with Crippen molar-refractivity contribution in [2.24, 2.45) is 5.41 Å². The number of ether oxygens (including phenoxy) is 2. The van der Waals surface area contributed by atoms with E-state index in [0.717, 1.165) is 38.8 Å². The summed E-state index contributed by atoms with van der Waals surface area (Å²) in [5, 5.41) is 0. The summed E-state index contributed by atoms with van der Waals surface area (Å²) in [5.74, 6) is 0. The molecule has 1 spiro atoms. The largest absolute Gasteiger partial charge is 0.452 e. The van der Waals surface area contributed by atoms with Gasteiger partial charge in [-0.25, -0.2) is 15.0 Å². The molecule has 2 amide bonds. The van der Waals surface area contributed by atoms with Crippen LogP contribution >= 0.6 is 0 Å². The highest BCUT2D eigenvalue weighted by Gasteiger charge is 2.47. The van der Waals surface area contributed by atoms with Crippen molar-refractivity contribution in [3.8, 4) is 0 Å². The number of nitrogens with zero attached hydrogens (tertiary/aromatic N) is 1. The Labute approximate surface area is 131 Å². The van der Waals surface area contributed by atoms with E-state index in [-0.39, 0.29) is 17.6 Å². The summed E-state index contributed by atoms with van der Waals surface area (Å²) in [4.78, 5) is 24.8. The van der Waals surface area contributed by atoms with Crippen LogP contribution in [-0.2, 0) is 9.47 Å². The Morgan fingerprint density at radius 3 is 2.27 bits per heavy atom. The third kappa shape index (κ3) is 4.25. The zero-order chi connectivity index (χ0) is 16.4. The van der Waals surface area contributed by atoms with Crippen LogP contribution in [0.3, 0.4) is 0 Å². The minimum Gasteiger partial charge on any atom is -0.452 e. The van der Waals surface area contributed by atoms with Gasteiger partial charge in [-0.2, -0.15) is 0 Å². The first-order chi connectivity index (χ1) is 10.2. The summed E-state index contributed by atoms with van der Waals surface area (Å²) >= 11 is 0. The van der Waals surface area contributed by atoms with Crippen molar-refractivity contribution in [3.63, 3.8) is 0 Å². The lowest BCUT2D eigenvalue weighted by atomic mass is 9.67. The summed E-state index contributed by atoms with van der Waals surface area (Å²) in [5.41, 5.74) is 5.31. The van der Waals surface area contributed by atoms with Gasteiger partial charge in [-0.3, -0.25) is 5.43 Å². The van der Waals surface area contributed by atoms with E-state index < -0.39 is 11.7 Å². The fourth-order valence-corrected chi connectivity index (χ4v) is 3.12. The van der Waals surface area contributed by atoms with Crippen molar-refractivity contribution in [2.45, 2.75) is 58.1 Å². The maximum Gasteiger partial charge on any atom is 0.421 e. The molecule has 0 aromatic carbocycles. The maximum absolute atomic E-state index is 12.0. The third-order valence-electron chi connectivity index (χ3n) is 4.31. The molecule has 0 radical (unpaired) electrons. The number of likely N-dealkylation sites (tertiary alicyclic amines) is 1. The molecule has 2 fully saturated rings. The van der Waals surface area contributed by atoms with E-state index in [1.54, 1.807) is 4.90 Å². The van der Waals surface area contributed by atoms with Crippen LogP contribution in [0, 0.1) is 5.41 Å². The summed E-state index contributed by atoms with van der Waals surface area (Å²) in [6.07, 6.45) is 3.36. The summed E-state index contributed by atoms with van der Waals surface area (Å²) in [6.45, 7) is 7.20. The predicted octanol–water partition coefficient (Wildman–Crippen LogP) is 2.03. The average molecular weight is 313 g/mol. The molecule has 0 atom stereocenters.